The summed E-state index contributed by atoms with van der Waals surface area (Å²) in [5.74, 6) is 0.815. The first-order valence-corrected chi connectivity index (χ1v) is 6.30. The summed E-state index contributed by atoms with van der Waals surface area (Å²) >= 11 is 0. The van der Waals surface area contributed by atoms with Gasteiger partial charge < -0.3 is 15.4 Å². The van der Waals surface area contributed by atoms with Crippen molar-refractivity contribution in [3.63, 3.8) is 0 Å². The molecule has 1 saturated carbocycles. The molecule has 1 aliphatic heterocycles. The molecule has 3 N–H and O–H groups in total. The largest absolute Gasteiger partial charge is 0.382 e. The summed E-state index contributed by atoms with van der Waals surface area (Å²) < 4.78 is 5.77. The lowest BCUT2D eigenvalue weighted by molar-refractivity contribution is 0.0253. The molecule has 0 amide bonds. The molecule has 1 aromatic heterocycles. The fourth-order valence-corrected chi connectivity index (χ4v) is 2.82. The number of nitrogens with two attached hydrogens (primary N) is 1. The first kappa shape index (κ1) is 11.4. The number of morpholine rings is 1. The van der Waals surface area contributed by atoms with Gasteiger partial charge >= 0.3 is 0 Å². The molecule has 6 heteroatoms. The van der Waals surface area contributed by atoms with E-state index in [0.717, 1.165) is 31.8 Å². The average molecular weight is 247 g/mol. The second-order valence-electron chi connectivity index (χ2n) is 4.77. The number of aromatic nitrogens is 2. The quantitative estimate of drug-likeness (QED) is 0.587. The molecule has 2 unspecified atom stereocenters. The van der Waals surface area contributed by atoms with Crippen LogP contribution in [-0.4, -0.2) is 41.1 Å². The van der Waals surface area contributed by atoms with E-state index in [1.807, 2.05) is 0 Å². The van der Waals surface area contributed by atoms with Gasteiger partial charge in [0.1, 0.15) is 17.3 Å². The van der Waals surface area contributed by atoms with Gasteiger partial charge in [0, 0.05) is 6.54 Å². The third-order valence-corrected chi connectivity index (χ3v) is 3.69. The number of hydrogen-bond donors (Lipinski definition) is 2. The normalized spacial score (nSPS) is 27.0. The van der Waals surface area contributed by atoms with Crippen molar-refractivity contribution in [2.75, 3.05) is 18.1 Å². The summed E-state index contributed by atoms with van der Waals surface area (Å²) in [6.07, 6.45) is 7.12. The summed E-state index contributed by atoms with van der Waals surface area (Å²) in [5, 5.41) is 7.31. The molecule has 0 aromatic carbocycles. The molecule has 0 radical (unpaired) electrons. The Balaban J connectivity index is 1.82. The standard InChI is InChI=1S/C12H17N5O/c13-12(14)8-6-16-11(7-15-8)17-4-5-18-10-3-1-2-9(10)17/h6-7,9-10H,1-5H2,(H3,13,14). The van der Waals surface area contributed by atoms with Gasteiger partial charge in [0.05, 0.1) is 31.1 Å². The van der Waals surface area contributed by atoms with Gasteiger partial charge in [-0.15, -0.1) is 0 Å². The number of ether oxygens (including phenoxy) is 1. The fraction of sp³-hybridized carbons (Fsp3) is 0.583. The number of hydrogen-bond acceptors (Lipinski definition) is 5. The van der Waals surface area contributed by atoms with Gasteiger partial charge in [0.15, 0.2) is 0 Å². The number of amidine groups is 1. The molecule has 6 nitrogen and oxygen atoms in total. The van der Waals surface area contributed by atoms with Gasteiger partial charge in [-0.25, -0.2) is 9.97 Å². The molecule has 0 bridgehead atoms. The van der Waals surface area contributed by atoms with Crippen LogP contribution in [0.15, 0.2) is 12.4 Å². The zero-order chi connectivity index (χ0) is 12.5. The number of rotatable bonds is 2. The van der Waals surface area contributed by atoms with Crippen LogP contribution >= 0.6 is 0 Å². The highest BCUT2D eigenvalue weighted by molar-refractivity contribution is 5.92. The molecule has 0 spiro atoms. The van der Waals surface area contributed by atoms with Crippen molar-refractivity contribution in [2.24, 2.45) is 5.73 Å². The minimum absolute atomic E-state index is 0.0465. The summed E-state index contributed by atoms with van der Waals surface area (Å²) in [6, 6.07) is 0.427. The molecule has 2 heterocycles. The van der Waals surface area contributed by atoms with Gasteiger partial charge in [0.25, 0.3) is 0 Å². The van der Waals surface area contributed by atoms with E-state index in [4.69, 9.17) is 15.9 Å². The summed E-state index contributed by atoms with van der Waals surface area (Å²) in [7, 11) is 0. The Bertz CT molecular complexity index is 446. The van der Waals surface area contributed by atoms with Crippen molar-refractivity contribution in [3.05, 3.63) is 18.1 Å². The minimum atomic E-state index is -0.0465. The molecular weight excluding hydrogens is 230 g/mol. The Hall–Kier alpha value is -1.69. The topological polar surface area (TPSA) is 88.1 Å². The highest BCUT2D eigenvalue weighted by atomic mass is 16.5. The first-order chi connectivity index (χ1) is 8.75. The van der Waals surface area contributed by atoms with E-state index in [9.17, 15) is 0 Å². The SMILES string of the molecule is N=C(N)c1cnc(N2CCOC3CCCC32)cn1. The average Bonchev–Trinajstić information content (AvgIpc) is 2.87. The molecule has 2 fully saturated rings. The van der Waals surface area contributed by atoms with Crippen LogP contribution < -0.4 is 10.6 Å². The van der Waals surface area contributed by atoms with E-state index in [1.165, 1.54) is 6.42 Å². The molecule has 3 rings (SSSR count). The zero-order valence-corrected chi connectivity index (χ0v) is 10.2. The first-order valence-electron chi connectivity index (χ1n) is 6.30. The van der Waals surface area contributed by atoms with Gasteiger partial charge in [-0.2, -0.15) is 0 Å². The monoisotopic (exact) mass is 247 g/mol. The molecule has 1 saturated heterocycles. The summed E-state index contributed by atoms with van der Waals surface area (Å²) in [4.78, 5) is 10.8. The van der Waals surface area contributed by atoms with E-state index in [-0.39, 0.29) is 5.84 Å². The zero-order valence-electron chi connectivity index (χ0n) is 10.2. The Kier molecular flexibility index (Phi) is 2.87. The van der Waals surface area contributed by atoms with Gasteiger partial charge in [-0.1, -0.05) is 0 Å². The van der Waals surface area contributed by atoms with Crippen molar-refractivity contribution in [1.82, 2.24) is 9.97 Å². The molecule has 1 aliphatic carbocycles. The molecular formula is C12H17N5O. The van der Waals surface area contributed by atoms with Crippen LogP contribution in [0.25, 0.3) is 0 Å². The van der Waals surface area contributed by atoms with Crippen molar-refractivity contribution < 1.29 is 4.74 Å². The lowest BCUT2D eigenvalue weighted by atomic mass is 10.1. The van der Waals surface area contributed by atoms with Crippen molar-refractivity contribution in [3.8, 4) is 0 Å². The fourth-order valence-electron chi connectivity index (χ4n) is 2.82. The molecule has 18 heavy (non-hydrogen) atoms. The van der Waals surface area contributed by atoms with Crippen LogP contribution in [-0.2, 0) is 4.74 Å². The molecule has 2 aliphatic rings. The van der Waals surface area contributed by atoms with Crippen LogP contribution in [0, 0.1) is 5.41 Å². The summed E-state index contributed by atoms with van der Waals surface area (Å²) in [5.41, 5.74) is 5.80. The van der Waals surface area contributed by atoms with E-state index in [2.05, 4.69) is 14.9 Å². The summed E-state index contributed by atoms with van der Waals surface area (Å²) in [6.45, 7) is 1.60. The van der Waals surface area contributed by atoms with E-state index in [1.54, 1.807) is 12.4 Å². The van der Waals surface area contributed by atoms with Crippen LogP contribution in [0.1, 0.15) is 25.0 Å². The molecule has 1 aromatic rings. The molecule has 2 atom stereocenters. The number of nitrogens with one attached hydrogen (secondary N) is 1. The number of fused-ring (bicyclic) bond motifs is 1. The number of anilines is 1. The molecule has 96 valence electrons. The van der Waals surface area contributed by atoms with Gasteiger partial charge in [-0.3, -0.25) is 5.41 Å². The van der Waals surface area contributed by atoms with E-state index < -0.39 is 0 Å². The van der Waals surface area contributed by atoms with Crippen molar-refractivity contribution >= 4 is 11.7 Å². The Morgan fingerprint density at radius 1 is 1.39 bits per heavy atom. The second kappa shape index (κ2) is 4.53. The van der Waals surface area contributed by atoms with E-state index in [0.29, 0.717) is 17.8 Å². The Morgan fingerprint density at radius 2 is 2.28 bits per heavy atom. The van der Waals surface area contributed by atoms with E-state index >= 15 is 0 Å². The predicted octanol–water partition coefficient (Wildman–Crippen LogP) is 0.518. The third kappa shape index (κ3) is 1.92. The minimum Gasteiger partial charge on any atom is -0.382 e. The maximum atomic E-state index is 7.31. The van der Waals surface area contributed by atoms with Crippen molar-refractivity contribution in [2.45, 2.75) is 31.4 Å². The number of nitrogen functional groups attached to an aromatic ring is 1. The van der Waals surface area contributed by atoms with Crippen LogP contribution in [0.3, 0.4) is 0 Å². The van der Waals surface area contributed by atoms with Crippen LogP contribution in [0.4, 0.5) is 5.82 Å². The van der Waals surface area contributed by atoms with Crippen molar-refractivity contribution in [1.29, 1.82) is 5.41 Å². The highest BCUT2D eigenvalue weighted by Crippen LogP contribution is 2.31. The lowest BCUT2D eigenvalue weighted by Gasteiger charge is -2.38. The maximum Gasteiger partial charge on any atom is 0.147 e. The Morgan fingerprint density at radius 3 is 3.00 bits per heavy atom. The Labute approximate surface area is 106 Å². The van der Waals surface area contributed by atoms with Gasteiger partial charge in [0.2, 0.25) is 0 Å². The predicted molar refractivity (Wildman–Crippen MR) is 67.8 cm³/mol. The second-order valence-corrected chi connectivity index (χ2v) is 4.77. The highest BCUT2D eigenvalue weighted by Gasteiger charge is 2.36. The maximum absolute atomic E-state index is 7.31. The van der Waals surface area contributed by atoms with Crippen LogP contribution in [0.2, 0.25) is 0 Å². The lowest BCUT2D eigenvalue weighted by Crippen LogP contribution is -2.49. The van der Waals surface area contributed by atoms with Gasteiger partial charge in [-0.05, 0) is 19.3 Å². The van der Waals surface area contributed by atoms with Crippen LogP contribution in [0.5, 0.6) is 0 Å². The number of nitrogens with zero attached hydrogens (tertiary/aromatic N) is 3. The smallest absolute Gasteiger partial charge is 0.147 e. The third-order valence-electron chi connectivity index (χ3n) is 3.69.